The number of thioether (sulfide) groups is 1. The van der Waals surface area contributed by atoms with E-state index in [0.29, 0.717) is 34.6 Å². The SMILES string of the molecule is CCC(Sc1nnc(CS(=O)(=O)c2ccc(C)cc2)n1C)C(=O)Nc1ccc(OC)cc1OC. The second-order valence-electron chi connectivity index (χ2n) is 7.60. The number of ether oxygens (including phenoxy) is 2. The average Bonchev–Trinajstić information content (AvgIpc) is 3.16. The lowest BCUT2D eigenvalue weighted by Gasteiger charge is -2.16. The molecule has 1 aromatic heterocycles. The molecule has 0 bridgehead atoms. The molecule has 34 heavy (non-hydrogen) atoms. The summed E-state index contributed by atoms with van der Waals surface area (Å²) in [7, 11) is 1.18. The minimum absolute atomic E-state index is 0.229. The molecule has 0 aliphatic carbocycles. The smallest absolute Gasteiger partial charge is 0.238 e. The number of carbonyl (C=O) groups excluding carboxylic acids is 1. The third-order valence-electron chi connectivity index (χ3n) is 5.20. The van der Waals surface area contributed by atoms with Gasteiger partial charge in [0.15, 0.2) is 15.0 Å². The summed E-state index contributed by atoms with van der Waals surface area (Å²) in [5.74, 6) is 0.882. The number of nitrogens with zero attached hydrogens (tertiary/aromatic N) is 3. The van der Waals surface area contributed by atoms with Crippen molar-refractivity contribution < 1.29 is 22.7 Å². The Kier molecular flexibility index (Phi) is 8.21. The summed E-state index contributed by atoms with van der Waals surface area (Å²) >= 11 is 1.23. The maximum absolute atomic E-state index is 13.0. The zero-order valence-electron chi connectivity index (χ0n) is 19.7. The lowest BCUT2D eigenvalue weighted by atomic mass is 10.2. The van der Waals surface area contributed by atoms with Crippen molar-refractivity contribution in [3.8, 4) is 11.5 Å². The highest BCUT2D eigenvalue weighted by Gasteiger charge is 2.25. The van der Waals surface area contributed by atoms with Gasteiger partial charge in [-0.3, -0.25) is 4.79 Å². The first-order chi connectivity index (χ1) is 16.2. The van der Waals surface area contributed by atoms with E-state index >= 15 is 0 Å². The molecule has 1 N–H and O–H groups in total. The Morgan fingerprint density at radius 3 is 2.44 bits per heavy atom. The number of amides is 1. The monoisotopic (exact) mass is 504 g/mol. The molecule has 0 aliphatic rings. The standard InChI is InChI=1S/C23H28N4O5S2/c1-6-20(22(28)24-18-12-9-16(31-4)13-19(18)32-5)33-23-26-25-21(27(23)3)14-34(29,30)17-10-7-15(2)8-11-17/h7-13,20H,6,14H2,1-5H3,(H,24,28). The van der Waals surface area contributed by atoms with Crippen LogP contribution in [0.1, 0.15) is 24.7 Å². The van der Waals surface area contributed by atoms with Gasteiger partial charge in [-0.2, -0.15) is 0 Å². The summed E-state index contributed by atoms with van der Waals surface area (Å²) in [4.78, 5) is 13.2. The lowest BCUT2D eigenvalue weighted by molar-refractivity contribution is -0.115. The van der Waals surface area contributed by atoms with Crippen molar-refractivity contribution in [1.82, 2.24) is 14.8 Å². The molecule has 1 amide bonds. The number of aromatic nitrogens is 3. The van der Waals surface area contributed by atoms with Gasteiger partial charge in [0, 0.05) is 13.1 Å². The Morgan fingerprint density at radius 2 is 1.82 bits per heavy atom. The van der Waals surface area contributed by atoms with Crippen LogP contribution < -0.4 is 14.8 Å². The van der Waals surface area contributed by atoms with Crippen LogP contribution in [0, 0.1) is 6.92 Å². The number of anilines is 1. The summed E-state index contributed by atoms with van der Waals surface area (Å²) in [6, 6.07) is 11.8. The number of hydrogen-bond donors (Lipinski definition) is 1. The van der Waals surface area contributed by atoms with Crippen molar-refractivity contribution in [3.05, 3.63) is 53.9 Å². The van der Waals surface area contributed by atoms with Crippen molar-refractivity contribution >= 4 is 33.2 Å². The molecule has 0 saturated heterocycles. The number of benzene rings is 2. The Labute approximate surface area is 203 Å². The van der Waals surface area contributed by atoms with Gasteiger partial charge in [-0.15, -0.1) is 10.2 Å². The highest BCUT2D eigenvalue weighted by Crippen LogP contribution is 2.31. The van der Waals surface area contributed by atoms with Crippen LogP contribution in [0.25, 0.3) is 0 Å². The first-order valence-corrected chi connectivity index (χ1v) is 13.1. The zero-order chi connectivity index (χ0) is 24.9. The van der Waals surface area contributed by atoms with E-state index in [1.807, 2.05) is 13.8 Å². The van der Waals surface area contributed by atoms with Crippen LogP contribution in [0.5, 0.6) is 11.5 Å². The number of rotatable bonds is 10. The molecule has 182 valence electrons. The van der Waals surface area contributed by atoms with Gasteiger partial charge in [0.25, 0.3) is 0 Å². The van der Waals surface area contributed by atoms with Gasteiger partial charge in [0.2, 0.25) is 5.91 Å². The van der Waals surface area contributed by atoms with Gasteiger partial charge in [0.05, 0.1) is 30.1 Å². The topological polar surface area (TPSA) is 112 Å². The predicted molar refractivity (Wildman–Crippen MR) is 131 cm³/mol. The van der Waals surface area contributed by atoms with E-state index in [4.69, 9.17) is 9.47 Å². The first kappa shape index (κ1) is 25.6. The summed E-state index contributed by atoms with van der Waals surface area (Å²) in [5, 5.41) is 11.1. The molecule has 0 spiro atoms. The fourth-order valence-corrected chi connectivity index (χ4v) is 5.38. The van der Waals surface area contributed by atoms with Crippen LogP contribution in [0.3, 0.4) is 0 Å². The first-order valence-electron chi connectivity index (χ1n) is 10.6. The van der Waals surface area contributed by atoms with Gasteiger partial charge in [-0.25, -0.2) is 8.42 Å². The maximum Gasteiger partial charge on any atom is 0.238 e. The van der Waals surface area contributed by atoms with Crippen LogP contribution in [0.2, 0.25) is 0 Å². The molecule has 1 atom stereocenters. The highest BCUT2D eigenvalue weighted by atomic mass is 32.2. The summed E-state index contributed by atoms with van der Waals surface area (Å²) in [5.41, 5.74) is 1.50. The predicted octanol–water partition coefficient (Wildman–Crippen LogP) is 3.62. The van der Waals surface area contributed by atoms with Crippen molar-refractivity contribution in [2.75, 3.05) is 19.5 Å². The Balaban J connectivity index is 1.73. The Morgan fingerprint density at radius 1 is 1.12 bits per heavy atom. The van der Waals surface area contributed by atoms with Crippen LogP contribution >= 0.6 is 11.8 Å². The number of carbonyl (C=O) groups is 1. The normalized spacial score (nSPS) is 12.3. The molecule has 1 heterocycles. The van der Waals surface area contributed by atoms with E-state index in [0.717, 1.165) is 5.56 Å². The van der Waals surface area contributed by atoms with Crippen molar-refractivity contribution in [3.63, 3.8) is 0 Å². The number of sulfone groups is 1. The van der Waals surface area contributed by atoms with Crippen LogP contribution in [0.4, 0.5) is 5.69 Å². The van der Waals surface area contributed by atoms with E-state index in [1.54, 1.807) is 61.2 Å². The van der Waals surface area contributed by atoms with Crippen LogP contribution in [-0.4, -0.2) is 48.6 Å². The molecular weight excluding hydrogens is 476 g/mol. The second kappa shape index (κ2) is 10.9. The van der Waals surface area contributed by atoms with E-state index in [1.165, 1.54) is 18.9 Å². The maximum atomic E-state index is 13.0. The Bertz CT molecular complexity index is 1260. The number of hydrogen-bond acceptors (Lipinski definition) is 8. The minimum Gasteiger partial charge on any atom is -0.497 e. The van der Waals surface area contributed by atoms with Crippen molar-refractivity contribution in [2.45, 2.75) is 41.3 Å². The number of methoxy groups -OCH3 is 2. The zero-order valence-corrected chi connectivity index (χ0v) is 21.4. The summed E-state index contributed by atoms with van der Waals surface area (Å²) in [6.07, 6.45) is 0.527. The number of aryl methyl sites for hydroxylation is 1. The quantitative estimate of drug-likeness (QED) is 0.417. The molecule has 3 rings (SSSR count). The van der Waals surface area contributed by atoms with Crippen molar-refractivity contribution in [1.29, 1.82) is 0 Å². The molecule has 2 aromatic carbocycles. The van der Waals surface area contributed by atoms with Gasteiger partial charge < -0.3 is 19.4 Å². The third-order valence-corrected chi connectivity index (χ3v) is 8.23. The summed E-state index contributed by atoms with van der Waals surface area (Å²) in [6.45, 7) is 3.79. The van der Waals surface area contributed by atoms with Gasteiger partial charge in [-0.1, -0.05) is 36.4 Å². The highest BCUT2D eigenvalue weighted by molar-refractivity contribution is 8.00. The second-order valence-corrected chi connectivity index (χ2v) is 10.8. The molecule has 0 fully saturated rings. The average molecular weight is 505 g/mol. The van der Waals surface area contributed by atoms with E-state index in [-0.39, 0.29) is 16.6 Å². The molecule has 11 heteroatoms. The van der Waals surface area contributed by atoms with Crippen LogP contribution in [0.15, 0.2) is 52.5 Å². The van der Waals surface area contributed by atoms with Crippen LogP contribution in [-0.2, 0) is 27.4 Å². The van der Waals surface area contributed by atoms with Gasteiger partial charge in [-0.05, 0) is 37.6 Å². The molecular formula is C23H28N4O5S2. The van der Waals surface area contributed by atoms with E-state index in [2.05, 4.69) is 15.5 Å². The van der Waals surface area contributed by atoms with Crippen molar-refractivity contribution in [2.24, 2.45) is 7.05 Å². The van der Waals surface area contributed by atoms with E-state index < -0.39 is 15.1 Å². The molecule has 3 aromatic rings. The molecule has 9 nitrogen and oxygen atoms in total. The summed E-state index contributed by atoms with van der Waals surface area (Å²) < 4.78 is 37.7. The molecule has 0 radical (unpaired) electrons. The Hall–Kier alpha value is -3.05. The molecule has 0 aliphatic heterocycles. The fraction of sp³-hybridized carbons (Fsp3) is 0.348. The number of nitrogens with one attached hydrogen (secondary N) is 1. The minimum atomic E-state index is -3.58. The van der Waals surface area contributed by atoms with Gasteiger partial charge in [0.1, 0.15) is 23.1 Å². The fourth-order valence-electron chi connectivity index (χ4n) is 3.14. The lowest BCUT2D eigenvalue weighted by Crippen LogP contribution is -2.25. The molecule has 0 saturated carbocycles. The van der Waals surface area contributed by atoms with E-state index in [9.17, 15) is 13.2 Å². The molecule has 1 unspecified atom stereocenters. The third kappa shape index (κ3) is 5.89. The van der Waals surface area contributed by atoms with Gasteiger partial charge >= 0.3 is 0 Å². The largest absolute Gasteiger partial charge is 0.497 e.